The summed E-state index contributed by atoms with van der Waals surface area (Å²) in [7, 11) is 0. The van der Waals surface area contributed by atoms with Crippen LogP contribution in [0.1, 0.15) is 24.0 Å². The summed E-state index contributed by atoms with van der Waals surface area (Å²) in [6, 6.07) is 17.7. The van der Waals surface area contributed by atoms with E-state index in [-0.39, 0.29) is 17.9 Å². The fourth-order valence-corrected chi connectivity index (χ4v) is 2.98. The summed E-state index contributed by atoms with van der Waals surface area (Å²) in [5.74, 6) is 0.0645. The minimum Gasteiger partial charge on any atom is -0.351 e. The Morgan fingerprint density at radius 1 is 1.12 bits per heavy atom. The Labute approximate surface area is 142 Å². The van der Waals surface area contributed by atoms with Gasteiger partial charge in [-0.25, -0.2) is 0 Å². The quantitative estimate of drug-likeness (QED) is 0.920. The van der Waals surface area contributed by atoms with E-state index >= 15 is 0 Å². The zero-order valence-electron chi connectivity index (χ0n) is 13.9. The lowest BCUT2D eigenvalue weighted by molar-refractivity contribution is -0.121. The third-order valence-electron chi connectivity index (χ3n) is 4.32. The van der Waals surface area contributed by atoms with Gasteiger partial charge in [0.15, 0.2) is 0 Å². The van der Waals surface area contributed by atoms with Crippen LogP contribution in [0.3, 0.4) is 0 Å². The van der Waals surface area contributed by atoms with E-state index in [0.717, 1.165) is 23.2 Å². The third-order valence-corrected chi connectivity index (χ3v) is 4.32. The number of nitrogens with one attached hydrogen (secondary N) is 1. The number of carbonyl (C=O) groups excluding carboxylic acids is 2. The van der Waals surface area contributed by atoms with Crippen molar-refractivity contribution >= 4 is 17.5 Å². The highest BCUT2D eigenvalue weighted by molar-refractivity contribution is 5.96. The Kier molecular flexibility index (Phi) is 4.94. The summed E-state index contributed by atoms with van der Waals surface area (Å²) in [5.41, 5.74) is 3.21. The maximum Gasteiger partial charge on any atom is 0.229 e. The van der Waals surface area contributed by atoms with Crippen molar-refractivity contribution in [2.45, 2.75) is 32.2 Å². The zero-order chi connectivity index (χ0) is 16.9. The second kappa shape index (κ2) is 7.30. The first kappa shape index (κ1) is 16.2. The first-order valence-electron chi connectivity index (χ1n) is 8.32. The molecule has 1 fully saturated rings. The van der Waals surface area contributed by atoms with E-state index in [1.807, 2.05) is 61.5 Å². The molecular weight excluding hydrogens is 300 g/mol. The van der Waals surface area contributed by atoms with Crippen LogP contribution >= 0.6 is 0 Å². The molecule has 0 aromatic heterocycles. The fraction of sp³-hybridized carbons (Fsp3) is 0.300. The van der Waals surface area contributed by atoms with Gasteiger partial charge in [0.25, 0.3) is 0 Å². The fourth-order valence-electron chi connectivity index (χ4n) is 2.98. The van der Waals surface area contributed by atoms with Crippen LogP contribution in [-0.4, -0.2) is 24.4 Å². The van der Waals surface area contributed by atoms with Gasteiger partial charge in [0, 0.05) is 25.1 Å². The van der Waals surface area contributed by atoms with Crippen LogP contribution in [0.4, 0.5) is 5.69 Å². The smallest absolute Gasteiger partial charge is 0.229 e. The van der Waals surface area contributed by atoms with E-state index in [4.69, 9.17) is 0 Å². The number of hydrogen-bond donors (Lipinski definition) is 1. The summed E-state index contributed by atoms with van der Waals surface area (Å²) >= 11 is 0. The number of nitrogens with zero attached hydrogens (tertiary/aromatic N) is 1. The van der Waals surface area contributed by atoms with E-state index in [1.165, 1.54) is 0 Å². The van der Waals surface area contributed by atoms with E-state index in [1.54, 1.807) is 4.90 Å². The SMILES string of the molecule is Cc1ccc(N2C[C@@H](NC(=O)CCc3ccccc3)CC2=O)cc1. The number of benzene rings is 2. The monoisotopic (exact) mass is 322 g/mol. The number of hydrogen-bond acceptors (Lipinski definition) is 2. The van der Waals surface area contributed by atoms with E-state index in [9.17, 15) is 9.59 Å². The maximum atomic E-state index is 12.2. The number of carbonyl (C=O) groups is 2. The second-order valence-electron chi connectivity index (χ2n) is 6.29. The van der Waals surface area contributed by atoms with Crippen LogP contribution < -0.4 is 10.2 Å². The Morgan fingerprint density at radius 2 is 1.83 bits per heavy atom. The topological polar surface area (TPSA) is 49.4 Å². The standard InChI is InChI=1S/C20H22N2O2/c1-15-7-10-18(11-8-15)22-14-17(13-20(22)24)21-19(23)12-9-16-5-3-2-4-6-16/h2-8,10-11,17H,9,12-14H2,1H3,(H,21,23)/t17-/m0/s1. The molecule has 3 rings (SSSR count). The molecule has 0 radical (unpaired) electrons. The molecule has 1 heterocycles. The Bertz CT molecular complexity index is 710. The van der Waals surface area contributed by atoms with Gasteiger partial charge in [-0.1, -0.05) is 48.0 Å². The molecule has 2 aromatic rings. The van der Waals surface area contributed by atoms with Gasteiger partial charge < -0.3 is 10.2 Å². The van der Waals surface area contributed by atoms with Crippen LogP contribution in [0.25, 0.3) is 0 Å². The minimum atomic E-state index is -0.109. The summed E-state index contributed by atoms with van der Waals surface area (Å²) in [6.07, 6.45) is 1.53. The highest BCUT2D eigenvalue weighted by atomic mass is 16.2. The molecule has 4 nitrogen and oxygen atoms in total. The number of rotatable bonds is 5. The summed E-state index contributed by atoms with van der Waals surface area (Å²) in [6.45, 7) is 2.56. The number of aryl methyl sites for hydroxylation is 2. The summed E-state index contributed by atoms with van der Waals surface area (Å²) < 4.78 is 0. The highest BCUT2D eigenvalue weighted by Crippen LogP contribution is 2.22. The first-order valence-corrected chi connectivity index (χ1v) is 8.32. The van der Waals surface area contributed by atoms with Crippen molar-refractivity contribution in [3.05, 3.63) is 65.7 Å². The first-order chi connectivity index (χ1) is 11.6. The van der Waals surface area contributed by atoms with Crippen LogP contribution in [-0.2, 0) is 16.0 Å². The summed E-state index contributed by atoms with van der Waals surface area (Å²) in [5, 5.41) is 2.99. The molecule has 0 saturated carbocycles. The van der Waals surface area contributed by atoms with Crippen molar-refractivity contribution in [2.75, 3.05) is 11.4 Å². The molecule has 2 amide bonds. The molecule has 124 valence electrons. The van der Waals surface area contributed by atoms with Gasteiger partial charge in [-0.2, -0.15) is 0 Å². The van der Waals surface area contributed by atoms with Gasteiger partial charge in [-0.15, -0.1) is 0 Å². The van der Waals surface area contributed by atoms with Crippen molar-refractivity contribution in [1.82, 2.24) is 5.32 Å². The lowest BCUT2D eigenvalue weighted by Crippen LogP contribution is -2.37. The maximum absolute atomic E-state index is 12.2. The average Bonchev–Trinajstić information content (AvgIpc) is 2.95. The number of amides is 2. The molecule has 1 N–H and O–H groups in total. The molecule has 4 heteroatoms. The van der Waals surface area contributed by atoms with Gasteiger partial charge in [-0.05, 0) is 31.0 Å². The lowest BCUT2D eigenvalue weighted by atomic mass is 10.1. The molecule has 1 atom stereocenters. The van der Waals surface area contributed by atoms with Crippen LogP contribution in [0.5, 0.6) is 0 Å². The van der Waals surface area contributed by atoms with E-state index in [0.29, 0.717) is 19.4 Å². The minimum absolute atomic E-state index is 0.00223. The highest BCUT2D eigenvalue weighted by Gasteiger charge is 2.31. The van der Waals surface area contributed by atoms with Crippen molar-refractivity contribution in [1.29, 1.82) is 0 Å². The molecule has 0 bridgehead atoms. The van der Waals surface area contributed by atoms with E-state index in [2.05, 4.69) is 5.32 Å². The molecule has 0 unspecified atom stereocenters. The Hall–Kier alpha value is -2.62. The Balaban J connectivity index is 1.52. The van der Waals surface area contributed by atoms with Crippen LogP contribution in [0, 0.1) is 6.92 Å². The Morgan fingerprint density at radius 3 is 2.54 bits per heavy atom. The molecular formula is C20H22N2O2. The molecule has 1 aliphatic rings. The average molecular weight is 322 g/mol. The predicted molar refractivity (Wildman–Crippen MR) is 94.8 cm³/mol. The predicted octanol–water partition coefficient (Wildman–Crippen LogP) is 2.85. The van der Waals surface area contributed by atoms with Gasteiger partial charge in [0.1, 0.15) is 0 Å². The second-order valence-corrected chi connectivity index (χ2v) is 6.29. The molecule has 0 aliphatic carbocycles. The van der Waals surface area contributed by atoms with Gasteiger partial charge in [0.05, 0.1) is 6.04 Å². The van der Waals surface area contributed by atoms with Crippen molar-refractivity contribution in [3.8, 4) is 0 Å². The largest absolute Gasteiger partial charge is 0.351 e. The van der Waals surface area contributed by atoms with Crippen LogP contribution in [0.15, 0.2) is 54.6 Å². The normalized spacial score (nSPS) is 17.1. The molecule has 2 aromatic carbocycles. The van der Waals surface area contributed by atoms with Gasteiger partial charge >= 0.3 is 0 Å². The lowest BCUT2D eigenvalue weighted by Gasteiger charge is -2.17. The van der Waals surface area contributed by atoms with Gasteiger partial charge in [0.2, 0.25) is 11.8 Å². The van der Waals surface area contributed by atoms with Gasteiger partial charge in [-0.3, -0.25) is 9.59 Å². The summed E-state index contributed by atoms with van der Waals surface area (Å²) in [4.78, 5) is 26.1. The third kappa shape index (κ3) is 4.02. The van der Waals surface area contributed by atoms with Crippen LogP contribution in [0.2, 0.25) is 0 Å². The molecule has 1 saturated heterocycles. The van der Waals surface area contributed by atoms with Crippen molar-refractivity contribution in [2.24, 2.45) is 0 Å². The van der Waals surface area contributed by atoms with Crippen molar-refractivity contribution in [3.63, 3.8) is 0 Å². The molecule has 1 aliphatic heterocycles. The zero-order valence-corrected chi connectivity index (χ0v) is 13.9. The van der Waals surface area contributed by atoms with Crippen molar-refractivity contribution < 1.29 is 9.59 Å². The van der Waals surface area contributed by atoms with E-state index < -0.39 is 0 Å². The number of anilines is 1. The molecule has 24 heavy (non-hydrogen) atoms. The molecule has 0 spiro atoms.